The van der Waals surface area contributed by atoms with Crippen LogP contribution in [0.3, 0.4) is 0 Å². The third kappa shape index (κ3) is 14.4. The number of anilines is 1. The van der Waals surface area contributed by atoms with E-state index in [1.165, 1.54) is 4.90 Å². The highest BCUT2D eigenvalue weighted by Gasteiger charge is 2.43. The summed E-state index contributed by atoms with van der Waals surface area (Å²) < 4.78 is 53.7. The van der Waals surface area contributed by atoms with Gasteiger partial charge in [0, 0.05) is 50.0 Å². The fourth-order valence-corrected chi connectivity index (χ4v) is 6.81. The molecule has 0 spiro atoms. The molecule has 0 radical (unpaired) electrons. The van der Waals surface area contributed by atoms with Crippen LogP contribution in [0.4, 0.5) is 18.9 Å². The number of esters is 1. The summed E-state index contributed by atoms with van der Waals surface area (Å²) in [6.07, 6.45) is -3.00. The first-order valence-electron chi connectivity index (χ1n) is 19.5. The molecule has 4 atom stereocenters. The molecule has 2 N–H and O–H groups in total. The van der Waals surface area contributed by atoms with E-state index in [0.717, 1.165) is 18.7 Å². The standard InChI is InChI=1S/C40H61F3N4O7/c1-26(2)32-24-35(49)47(38(32)51)18-9-7-8-12-34(40(41,42)43)45-36(27(3)4)33(48)23-30(11-10-17-46-19-21-53-22-20-46)37(50)44-31-15-13-29(14-16-31)25-54-39(52)28(5)6/h13-16,26-28,30,32,34,36,45H,7-12,17-25H2,1-6H3,(H,44,50). The number of nitrogens with zero attached hydrogens (tertiary/aromatic N) is 2. The molecule has 4 unspecified atom stereocenters. The molecule has 11 nitrogen and oxygen atoms in total. The Morgan fingerprint density at radius 1 is 0.907 bits per heavy atom. The lowest BCUT2D eigenvalue weighted by molar-refractivity contribution is -0.161. The van der Waals surface area contributed by atoms with Gasteiger partial charge in [-0.05, 0) is 61.8 Å². The molecular weight excluding hydrogens is 705 g/mol. The molecule has 2 saturated heterocycles. The zero-order chi connectivity index (χ0) is 40.0. The van der Waals surface area contributed by atoms with E-state index >= 15 is 0 Å². The van der Waals surface area contributed by atoms with Gasteiger partial charge in [-0.2, -0.15) is 13.2 Å². The first kappa shape index (κ1) is 45.0. The number of carbonyl (C=O) groups is 5. The molecule has 2 aliphatic rings. The number of halogens is 3. The van der Waals surface area contributed by atoms with Gasteiger partial charge in [0.05, 0.1) is 25.2 Å². The molecule has 14 heteroatoms. The molecule has 0 bridgehead atoms. The number of rotatable bonds is 22. The fraction of sp³-hybridized carbons (Fsp3) is 0.725. The molecule has 54 heavy (non-hydrogen) atoms. The molecule has 3 rings (SSSR count). The summed E-state index contributed by atoms with van der Waals surface area (Å²) >= 11 is 0. The number of nitrogens with one attached hydrogen (secondary N) is 2. The van der Waals surface area contributed by atoms with Crippen LogP contribution in [-0.4, -0.2) is 96.9 Å². The van der Waals surface area contributed by atoms with Crippen LogP contribution in [0.25, 0.3) is 0 Å². The van der Waals surface area contributed by atoms with Gasteiger partial charge in [-0.15, -0.1) is 0 Å². The maximum absolute atomic E-state index is 14.3. The van der Waals surface area contributed by atoms with Gasteiger partial charge >= 0.3 is 12.1 Å². The summed E-state index contributed by atoms with van der Waals surface area (Å²) in [4.78, 5) is 67.7. The number of alkyl halides is 3. The summed E-state index contributed by atoms with van der Waals surface area (Å²) in [7, 11) is 0. The van der Waals surface area contributed by atoms with Crippen molar-refractivity contribution in [1.82, 2.24) is 15.1 Å². The van der Waals surface area contributed by atoms with Crippen molar-refractivity contribution in [2.45, 2.75) is 118 Å². The van der Waals surface area contributed by atoms with E-state index in [-0.39, 0.29) is 74.4 Å². The smallest absolute Gasteiger partial charge is 0.403 e. The number of hydrogen-bond donors (Lipinski definition) is 2. The number of ketones is 1. The third-order valence-corrected chi connectivity index (χ3v) is 10.3. The van der Waals surface area contributed by atoms with Crippen LogP contribution in [0.2, 0.25) is 0 Å². The number of likely N-dealkylation sites (tertiary alicyclic amines) is 1. The number of unbranched alkanes of at least 4 members (excludes halogenated alkanes) is 2. The minimum Gasteiger partial charge on any atom is -0.461 e. The fourth-order valence-electron chi connectivity index (χ4n) is 6.81. The number of morpholine rings is 1. The Hall–Kier alpha value is -3.36. The lowest BCUT2D eigenvalue weighted by Gasteiger charge is -2.30. The second-order valence-electron chi connectivity index (χ2n) is 15.7. The molecule has 1 aromatic carbocycles. The van der Waals surface area contributed by atoms with E-state index < -0.39 is 41.8 Å². The van der Waals surface area contributed by atoms with Crippen LogP contribution in [0.15, 0.2) is 24.3 Å². The molecule has 0 aliphatic carbocycles. The van der Waals surface area contributed by atoms with Gasteiger partial charge in [0.15, 0.2) is 5.78 Å². The van der Waals surface area contributed by atoms with Gasteiger partial charge in [0.25, 0.3) is 0 Å². The van der Waals surface area contributed by atoms with Gasteiger partial charge in [-0.3, -0.25) is 39.1 Å². The SMILES string of the molecule is CC(C)C(=O)OCc1ccc(NC(=O)C(CCCN2CCOCC2)CC(=O)C(NC(CCCCCN2C(=O)CC(C(C)C)C2=O)C(F)(F)F)C(C)C)cc1. The third-order valence-electron chi connectivity index (χ3n) is 10.3. The van der Waals surface area contributed by atoms with Gasteiger partial charge in [-0.1, -0.05) is 66.5 Å². The van der Waals surface area contributed by atoms with E-state index in [4.69, 9.17) is 9.47 Å². The molecule has 0 aromatic heterocycles. The number of hydrogen-bond acceptors (Lipinski definition) is 9. The van der Waals surface area contributed by atoms with E-state index in [1.54, 1.807) is 52.0 Å². The second kappa shape index (κ2) is 21.7. The highest BCUT2D eigenvalue weighted by atomic mass is 19.4. The Labute approximate surface area is 318 Å². The van der Waals surface area contributed by atoms with Crippen LogP contribution in [0, 0.1) is 29.6 Å². The zero-order valence-electron chi connectivity index (χ0n) is 32.8. The molecule has 1 aromatic rings. The number of imide groups is 1. The first-order chi connectivity index (χ1) is 25.5. The van der Waals surface area contributed by atoms with Crippen LogP contribution < -0.4 is 10.6 Å². The van der Waals surface area contributed by atoms with Crippen LogP contribution in [0.5, 0.6) is 0 Å². The van der Waals surface area contributed by atoms with Crippen molar-refractivity contribution in [3.63, 3.8) is 0 Å². The maximum atomic E-state index is 14.3. The molecule has 0 saturated carbocycles. The second-order valence-corrected chi connectivity index (χ2v) is 15.7. The molecule has 2 fully saturated rings. The summed E-state index contributed by atoms with van der Waals surface area (Å²) in [6.45, 7) is 14.4. The van der Waals surface area contributed by atoms with Crippen molar-refractivity contribution >= 4 is 35.2 Å². The molecule has 2 aliphatic heterocycles. The highest BCUT2D eigenvalue weighted by molar-refractivity contribution is 6.03. The largest absolute Gasteiger partial charge is 0.461 e. The average Bonchev–Trinajstić information content (AvgIpc) is 3.40. The number of benzene rings is 1. The van der Waals surface area contributed by atoms with Crippen molar-refractivity contribution < 1.29 is 46.6 Å². The normalized spacial score (nSPS) is 18.7. The summed E-state index contributed by atoms with van der Waals surface area (Å²) in [5.74, 6) is -3.44. The quantitative estimate of drug-likeness (QED) is 0.0810. The number of Topliss-reactive ketones (excluding diaryl/α,β-unsaturated/α-hetero) is 1. The Balaban J connectivity index is 1.63. The van der Waals surface area contributed by atoms with Crippen LogP contribution in [0.1, 0.15) is 98.5 Å². The monoisotopic (exact) mass is 766 g/mol. The molecule has 3 amide bonds. The number of amides is 3. The predicted octanol–water partition coefficient (Wildman–Crippen LogP) is 6.15. The lowest BCUT2D eigenvalue weighted by Crippen LogP contribution is -2.52. The number of ether oxygens (including phenoxy) is 2. The summed E-state index contributed by atoms with van der Waals surface area (Å²) in [5.41, 5.74) is 1.22. The first-order valence-corrected chi connectivity index (χ1v) is 19.5. The minimum absolute atomic E-state index is 0.0359. The summed E-state index contributed by atoms with van der Waals surface area (Å²) in [5, 5.41) is 5.48. The Morgan fingerprint density at radius 2 is 1.57 bits per heavy atom. The Bertz CT molecular complexity index is 1380. The average molecular weight is 767 g/mol. The molecule has 2 heterocycles. The number of carbonyl (C=O) groups excluding carboxylic acids is 5. The maximum Gasteiger partial charge on any atom is 0.403 e. The van der Waals surface area contributed by atoms with Crippen molar-refractivity contribution in [2.24, 2.45) is 29.6 Å². The van der Waals surface area contributed by atoms with Gasteiger partial charge in [0.1, 0.15) is 12.6 Å². The topological polar surface area (TPSA) is 134 Å². The summed E-state index contributed by atoms with van der Waals surface area (Å²) in [6, 6.07) is 3.74. The van der Waals surface area contributed by atoms with Gasteiger partial charge < -0.3 is 14.8 Å². The van der Waals surface area contributed by atoms with E-state index in [2.05, 4.69) is 15.5 Å². The van der Waals surface area contributed by atoms with E-state index in [9.17, 15) is 37.1 Å². The predicted molar refractivity (Wildman–Crippen MR) is 199 cm³/mol. The van der Waals surface area contributed by atoms with Gasteiger partial charge in [-0.25, -0.2) is 0 Å². The Morgan fingerprint density at radius 3 is 2.15 bits per heavy atom. The Kier molecular flexibility index (Phi) is 18.1. The van der Waals surface area contributed by atoms with Crippen molar-refractivity contribution in [3.05, 3.63) is 29.8 Å². The van der Waals surface area contributed by atoms with Crippen molar-refractivity contribution in [2.75, 3.05) is 44.7 Å². The molecule has 304 valence electrons. The van der Waals surface area contributed by atoms with Crippen LogP contribution >= 0.6 is 0 Å². The van der Waals surface area contributed by atoms with E-state index in [1.807, 2.05) is 13.8 Å². The van der Waals surface area contributed by atoms with Gasteiger partial charge in [0.2, 0.25) is 17.7 Å². The molecular formula is C40H61F3N4O7. The van der Waals surface area contributed by atoms with Crippen molar-refractivity contribution in [1.29, 1.82) is 0 Å². The van der Waals surface area contributed by atoms with Crippen LogP contribution in [-0.2, 0) is 40.1 Å². The zero-order valence-corrected chi connectivity index (χ0v) is 32.8. The minimum atomic E-state index is -4.62. The highest BCUT2D eigenvalue weighted by Crippen LogP contribution is 2.29. The van der Waals surface area contributed by atoms with Crippen molar-refractivity contribution in [3.8, 4) is 0 Å². The lowest BCUT2D eigenvalue weighted by atomic mass is 9.88. The van der Waals surface area contributed by atoms with E-state index in [0.29, 0.717) is 51.1 Å².